The minimum Gasteiger partial charge on any atom is -0.481 e. The van der Waals surface area contributed by atoms with Crippen molar-refractivity contribution in [1.82, 2.24) is 0 Å². The van der Waals surface area contributed by atoms with Crippen molar-refractivity contribution >= 4 is 24.1 Å². The van der Waals surface area contributed by atoms with Crippen molar-refractivity contribution in [3.05, 3.63) is 41.5 Å². The number of carbonyl (C=O) groups is 3. The fraction of sp³-hybridized carbons (Fsp3) is 0.476. The number of aliphatic carboxylic acids is 1. The number of carbonyl (C=O) groups excluding carboxylic acids is 2. The molecule has 0 amide bonds. The van der Waals surface area contributed by atoms with E-state index < -0.39 is 5.97 Å². The minimum atomic E-state index is -0.741. The molecule has 1 aromatic carbocycles. The summed E-state index contributed by atoms with van der Waals surface area (Å²) in [6.45, 7) is 0. The number of aldehydes is 1. The summed E-state index contributed by atoms with van der Waals surface area (Å²) in [5.41, 5.74) is 1.64. The average Bonchev–Trinajstić information content (AvgIpc) is 2.96. The molecule has 0 aromatic heterocycles. The second-order valence-corrected chi connectivity index (χ2v) is 6.77. The smallest absolute Gasteiger partial charge is 0.303 e. The van der Waals surface area contributed by atoms with Gasteiger partial charge in [0.25, 0.3) is 0 Å². The van der Waals surface area contributed by atoms with E-state index in [1.807, 2.05) is 24.3 Å². The van der Waals surface area contributed by atoms with E-state index in [2.05, 4.69) is 6.08 Å². The standard InChI is InChI=1S/C21H26O4/c22-15-17-7-5-6-16(14-17)10-11-18-12-13-20(23)19(18)8-3-1-2-4-9-21(24)25/h5-7,10-11,14-15,18-19H,1-4,8-9,12-13H2,(H,24,25)/t18-,19+/m1/s1. The van der Waals surface area contributed by atoms with Crippen molar-refractivity contribution in [2.24, 2.45) is 11.8 Å². The van der Waals surface area contributed by atoms with Crippen LogP contribution in [0.2, 0.25) is 0 Å². The first kappa shape index (κ1) is 19.1. The fourth-order valence-electron chi connectivity index (χ4n) is 3.50. The molecular formula is C21H26O4. The highest BCUT2D eigenvalue weighted by molar-refractivity contribution is 5.84. The van der Waals surface area contributed by atoms with E-state index in [0.29, 0.717) is 24.2 Å². The molecule has 0 radical (unpaired) electrons. The summed E-state index contributed by atoms with van der Waals surface area (Å²) in [6.07, 6.45) is 11.2. The molecular weight excluding hydrogens is 316 g/mol. The van der Waals surface area contributed by atoms with Gasteiger partial charge in [0.1, 0.15) is 12.1 Å². The highest BCUT2D eigenvalue weighted by atomic mass is 16.4. The van der Waals surface area contributed by atoms with Crippen LogP contribution in [0.25, 0.3) is 6.08 Å². The van der Waals surface area contributed by atoms with Crippen LogP contribution in [0.1, 0.15) is 67.3 Å². The molecule has 1 aliphatic carbocycles. The summed E-state index contributed by atoms with van der Waals surface area (Å²) in [5.74, 6) is -0.0342. The number of ketones is 1. The third kappa shape index (κ3) is 6.29. The lowest BCUT2D eigenvalue weighted by atomic mass is 9.89. The Labute approximate surface area is 148 Å². The molecule has 1 fully saturated rings. The largest absolute Gasteiger partial charge is 0.481 e. The van der Waals surface area contributed by atoms with Gasteiger partial charge in [0.05, 0.1) is 0 Å². The van der Waals surface area contributed by atoms with E-state index in [0.717, 1.165) is 44.0 Å². The molecule has 4 nitrogen and oxygen atoms in total. The van der Waals surface area contributed by atoms with E-state index in [1.165, 1.54) is 0 Å². The number of Topliss-reactive ketones (excluding diaryl/α,β-unsaturated/α-hetero) is 1. The van der Waals surface area contributed by atoms with Gasteiger partial charge in [0.2, 0.25) is 0 Å². The van der Waals surface area contributed by atoms with Crippen LogP contribution in [0.3, 0.4) is 0 Å². The van der Waals surface area contributed by atoms with Crippen molar-refractivity contribution in [3.63, 3.8) is 0 Å². The Morgan fingerprint density at radius 3 is 2.68 bits per heavy atom. The Morgan fingerprint density at radius 1 is 1.16 bits per heavy atom. The van der Waals surface area contributed by atoms with E-state index in [-0.39, 0.29) is 18.3 Å². The van der Waals surface area contributed by atoms with Gasteiger partial charge < -0.3 is 5.11 Å². The molecule has 0 bridgehead atoms. The molecule has 0 aliphatic heterocycles. The van der Waals surface area contributed by atoms with Crippen molar-refractivity contribution in [3.8, 4) is 0 Å². The van der Waals surface area contributed by atoms with Crippen molar-refractivity contribution < 1.29 is 19.5 Å². The van der Waals surface area contributed by atoms with E-state index in [9.17, 15) is 14.4 Å². The van der Waals surface area contributed by atoms with Crippen molar-refractivity contribution in [1.29, 1.82) is 0 Å². The van der Waals surface area contributed by atoms with Crippen LogP contribution < -0.4 is 0 Å². The average molecular weight is 342 g/mol. The lowest BCUT2D eigenvalue weighted by Crippen LogP contribution is -2.13. The topological polar surface area (TPSA) is 71.4 Å². The number of hydrogen-bond donors (Lipinski definition) is 1. The Hall–Kier alpha value is -2.23. The fourth-order valence-corrected chi connectivity index (χ4v) is 3.50. The monoisotopic (exact) mass is 342 g/mol. The van der Waals surface area contributed by atoms with Gasteiger partial charge in [0.15, 0.2) is 0 Å². The third-order valence-electron chi connectivity index (χ3n) is 4.89. The SMILES string of the molecule is O=Cc1cccc(C=C[C@@H]2CCC(=O)[C@H]2CCCCCCC(=O)O)c1. The molecule has 0 unspecified atom stereocenters. The molecule has 4 heteroatoms. The lowest BCUT2D eigenvalue weighted by Gasteiger charge is -2.14. The maximum atomic E-state index is 12.1. The summed E-state index contributed by atoms with van der Waals surface area (Å²) in [7, 11) is 0. The number of carboxylic acid groups (broad SMARTS) is 1. The zero-order valence-electron chi connectivity index (χ0n) is 14.5. The molecule has 134 valence electrons. The normalized spacial score (nSPS) is 20.2. The number of benzene rings is 1. The predicted octanol–water partition coefficient (Wildman–Crippen LogP) is 4.53. The van der Waals surface area contributed by atoms with E-state index in [1.54, 1.807) is 6.07 Å². The number of unbranched alkanes of at least 4 members (excludes halogenated alkanes) is 3. The number of hydrogen-bond acceptors (Lipinski definition) is 3. The first-order valence-corrected chi connectivity index (χ1v) is 9.08. The second kappa shape index (κ2) is 9.92. The first-order valence-electron chi connectivity index (χ1n) is 9.08. The summed E-state index contributed by atoms with van der Waals surface area (Å²) < 4.78 is 0. The van der Waals surface area contributed by atoms with Gasteiger partial charge in [0, 0.05) is 24.3 Å². The Kier molecular flexibility index (Phi) is 7.58. The molecule has 25 heavy (non-hydrogen) atoms. The van der Waals surface area contributed by atoms with Crippen LogP contribution in [0.5, 0.6) is 0 Å². The number of rotatable bonds is 10. The van der Waals surface area contributed by atoms with Crippen LogP contribution in [0, 0.1) is 11.8 Å². The molecule has 0 saturated heterocycles. The van der Waals surface area contributed by atoms with Crippen LogP contribution in [-0.4, -0.2) is 23.1 Å². The van der Waals surface area contributed by atoms with Crippen LogP contribution in [-0.2, 0) is 9.59 Å². The minimum absolute atomic E-state index is 0.0879. The Balaban J connectivity index is 1.82. The quantitative estimate of drug-likeness (QED) is 0.501. The van der Waals surface area contributed by atoms with E-state index in [4.69, 9.17) is 5.11 Å². The predicted molar refractivity (Wildman–Crippen MR) is 97.4 cm³/mol. The van der Waals surface area contributed by atoms with Crippen LogP contribution in [0.4, 0.5) is 0 Å². The number of allylic oxidation sites excluding steroid dienone is 1. The third-order valence-corrected chi connectivity index (χ3v) is 4.89. The van der Waals surface area contributed by atoms with Gasteiger partial charge in [-0.15, -0.1) is 0 Å². The van der Waals surface area contributed by atoms with Crippen molar-refractivity contribution in [2.75, 3.05) is 0 Å². The number of carboxylic acids is 1. The van der Waals surface area contributed by atoms with Gasteiger partial charge in [-0.3, -0.25) is 14.4 Å². The van der Waals surface area contributed by atoms with Crippen LogP contribution in [0.15, 0.2) is 30.3 Å². The molecule has 1 saturated carbocycles. The summed E-state index contributed by atoms with van der Waals surface area (Å²) in [6, 6.07) is 7.43. The second-order valence-electron chi connectivity index (χ2n) is 6.77. The zero-order valence-corrected chi connectivity index (χ0v) is 14.5. The van der Waals surface area contributed by atoms with Gasteiger partial charge in [-0.25, -0.2) is 0 Å². The maximum absolute atomic E-state index is 12.1. The maximum Gasteiger partial charge on any atom is 0.303 e. The molecule has 1 aromatic rings. The molecule has 1 N–H and O–H groups in total. The summed E-state index contributed by atoms with van der Waals surface area (Å²) in [5, 5.41) is 8.63. The molecule has 1 aliphatic rings. The Bertz CT molecular complexity index is 633. The molecule has 0 spiro atoms. The Morgan fingerprint density at radius 2 is 1.92 bits per heavy atom. The van der Waals surface area contributed by atoms with E-state index >= 15 is 0 Å². The van der Waals surface area contributed by atoms with Crippen LogP contribution >= 0.6 is 0 Å². The van der Waals surface area contributed by atoms with Gasteiger partial charge in [-0.2, -0.15) is 0 Å². The van der Waals surface area contributed by atoms with Gasteiger partial charge in [-0.05, 0) is 36.8 Å². The highest BCUT2D eigenvalue weighted by Crippen LogP contribution is 2.34. The van der Waals surface area contributed by atoms with Gasteiger partial charge in [-0.1, -0.05) is 49.6 Å². The lowest BCUT2D eigenvalue weighted by molar-refractivity contribution is -0.137. The summed E-state index contributed by atoms with van der Waals surface area (Å²) >= 11 is 0. The summed E-state index contributed by atoms with van der Waals surface area (Å²) in [4.78, 5) is 33.5. The molecule has 2 rings (SSSR count). The van der Waals surface area contributed by atoms with Gasteiger partial charge >= 0.3 is 5.97 Å². The van der Waals surface area contributed by atoms with Crippen molar-refractivity contribution in [2.45, 2.75) is 51.4 Å². The zero-order chi connectivity index (χ0) is 18.1. The first-order chi connectivity index (χ1) is 12.1. The highest BCUT2D eigenvalue weighted by Gasteiger charge is 2.32. The molecule has 2 atom stereocenters. The molecule has 0 heterocycles.